The summed E-state index contributed by atoms with van der Waals surface area (Å²) in [5.41, 5.74) is 0.645. The first-order valence-electron chi connectivity index (χ1n) is 6.48. The maximum atomic E-state index is 13.5. The van der Waals surface area contributed by atoms with Crippen LogP contribution in [-0.2, 0) is 6.54 Å². The van der Waals surface area contributed by atoms with Crippen LogP contribution in [0.15, 0.2) is 18.2 Å². The van der Waals surface area contributed by atoms with Crippen molar-refractivity contribution in [1.82, 2.24) is 10.2 Å². The van der Waals surface area contributed by atoms with E-state index in [1.54, 1.807) is 12.1 Å². The lowest BCUT2D eigenvalue weighted by molar-refractivity contribution is 0.206. The molecular formula is C14H20ClFN2. The van der Waals surface area contributed by atoms with Crippen LogP contribution in [0.1, 0.15) is 18.4 Å². The average molecular weight is 271 g/mol. The van der Waals surface area contributed by atoms with Gasteiger partial charge in [0, 0.05) is 23.7 Å². The maximum absolute atomic E-state index is 13.5. The molecule has 0 amide bonds. The fraction of sp³-hybridized carbons (Fsp3) is 0.571. The molecule has 2 nitrogen and oxygen atoms in total. The van der Waals surface area contributed by atoms with Gasteiger partial charge in [-0.1, -0.05) is 11.6 Å². The molecule has 1 aliphatic heterocycles. The lowest BCUT2D eigenvalue weighted by Crippen LogP contribution is -2.37. The van der Waals surface area contributed by atoms with Crippen molar-refractivity contribution in [3.05, 3.63) is 34.6 Å². The second kappa shape index (κ2) is 6.50. The first-order valence-corrected chi connectivity index (χ1v) is 6.86. The topological polar surface area (TPSA) is 15.3 Å². The van der Waals surface area contributed by atoms with Gasteiger partial charge < -0.3 is 10.2 Å². The van der Waals surface area contributed by atoms with Gasteiger partial charge in [-0.3, -0.25) is 0 Å². The number of nitrogens with one attached hydrogen (secondary N) is 1. The number of likely N-dealkylation sites (tertiary alicyclic amines) is 1. The van der Waals surface area contributed by atoms with Crippen molar-refractivity contribution in [2.75, 3.05) is 26.7 Å². The molecular weight excluding hydrogens is 251 g/mol. The van der Waals surface area contributed by atoms with Crippen LogP contribution in [0.3, 0.4) is 0 Å². The minimum atomic E-state index is -0.187. The van der Waals surface area contributed by atoms with Crippen molar-refractivity contribution in [3.8, 4) is 0 Å². The molecule has 1 atom stereocenters. The van der Waals surface area contributed by atoms with E-state index in [0.717, 1.165) is 13.1 Å². The molecule has 1 aromatic rings. The van der Waals surface area contributed by atoms with Crippen molar-refractivity contribution in [1.29, 1.82) is 0 Å². The normalized spacial score (nSPS) is 21.2. The highest BCUT2D eigenvalue weighted by Crippen LogP contribution is 2.16. The third kappa shape index (κ3) is 3.94. The summed E-state index contributed by atoms with van der Waals surface area (Å²) in [4.78, 5) is 2.36. The van der Waals surface area contributed by atoms with E-state index in [0.29, 0.717) is 23.0 Å². The highest BCUT2D eigenvalue weighted by atomic mass is 35.5. The average Bonchev–Trinajstić information content (AvgIpc) is 2.34. The predicted molar refractivity (Wildman–Crippen MR) is 73.3 cm³/mol. The smallest absolute Gasteiger partial charge is 0.127 e. The fourth-order valence-corrected chi connectivity index (χ4v) is 2.72. The van der Waals surface area contributed by atoms with E-state index < -0.39 is 0 Å². The van der Waals surface area contributed by atoms with E-state index >= 15 is 0 Å². The molecule has 0 spiro atoms. The zero-order chi connectivity index (χ0) is 13.0. The number of nitrogens with zero attached hydrogens (tertiary/aromatic N) is 1. The Balaban J connectivity index is 1.79. The summed E-state index contributed by atoms with van der Waals surface area (Å²) >= 11 is 5.86. The Bertz CT molecular complexity index is 397. The summed E-state index contributed by atoms with van der Waals surface area (Å²) in [7, 11) is 2.16. The lowest BCUT2D eigenvalue weighted by atomic mass is 9.98. The van der Waals surface area contributed by atoms with Gasteiger partial charge in [-0.2, -0.15) is 0 Å². The molecule has 100 valence electrons. The van der Waals surface area contributed by atoms with Gasteiger partial charge in [0.05, 0.1) is 0 Å². The Morgan fingerprint density at radius 2 is 2.33 bits per heavy atom. The van der Waals surface area contributed by atoms with Gasteiger partial charge in [0.15, 0.2) is 0 Å². The van der Waals surface area contributed by atoms with Crippen LogP contribution in [0.4, 0.5) is 4.39 Å². The molecule has 2 rings (SSSR count). The predicted octanol–water partition coefficient (Wildman–Crippen LogP) is 2.91. The molecule has 0 saturated carbocycles. The highest BCUT2D eigenvalue weighted by Gasteiger charge is 2.16. The van der Waals surface area contributed by atoms with Crippen molar-refractivity contribution < 1.29 is 4.39 Å². The van der Waals surface area contributed by atoms with Gasteiger partial charge >= 0.3 is 0 Å². The van der Waals surface area contributed by atoms with Crippen LogP contribution < -0.4 is 5.32 Å². The standard InChI is InChI=1S/C14H20ClFN2/c1-18-6-2-3-11(10-18)8-17-9-12-7-13(15)4-5-14(12)16/h4-5,7,11,17H,2-3,6,8-10H2,1H3. The van der Waals surface area contributed by atoms with E-state index in [2.05, 4.69) is 17.3 Å². The first kappa shape index (κ1) is 13.8. The molecule has 1 aliphatic rings. The van der Waals surface area contributed by atoms with Crippen LogP contribution >= 0.6 is 11.6 Å². The number of hydrogen-bond acceptors (Lipinski definition) is 2. The molecule has 1 aromatic carbocycles. The molecule has 1 unspecified atom stereocenters. The summed E-state index contributed by atoms with van der Waals surface area (Å²) in [6.07, 6.45) is 2.52. The third-order valence-electron chi connectivity index (χ3n) is 3.48. The number of hydrogen-bond donors (Lipinski definition) is 1. The molecule has 0 aromatic heterocycles. The molecule has 18 heavy (non-hydrogen) atoms. The Morgan fingerprint density at radius 1 is 1.50 bits per heavy atom. The quantitative estimate of drug-likeness (QED) is 0.905. The monoisotopic (exact) mass is 270 g/mol. The van der Waals surface area contributed by atoms with Crippen LogP contribution in [0, 0.1) is 11.7 Å². The Morgan fingerprint density at radius 3 is 3.11 bits per heavy atom. The molecule has 0 bridgehead atoms. The number of rotatable bonds is 4. The van der Waals surface area contributed by atoms with Gasteiger partial charge in [0.1, 0.15) is 5.82 Å². The summed E-state index contributed by atoms with van der Waals surface area (Å²) in [6, 6.07) is 4.70. The molecule has 1 N–H and O–H groups in total. The van der Waals surface area contributed by atoms with Crippen molar-refractivity contribution in [2.45, 2.75) is 19.4 Å². The van der Waals surface area contributed by atoms with E-state index in [9.17, 15) is 4.39 Å². The molecule has 0 radical (unpaired) electrons. The summed E-state index contributed by atoms with van der Waals surface area (Å²) in [5.74, 6) is 0.485. The van der Waals surface area contributed by atoms with E-state index in [1.807, 2.05) is 0 Å². The van der Waals surface area contributed by atoms with E-state index in [1.165, 1.54) is 25.5 Å². The zero-order valence-corrected chi connectivity index (χ0v) is 11.5. The number of benzene rings is 1. The van der Waals surface area contributed by atoms with E-state index in [-0.39, 0.29) is 5.82 Å². The van der Waals surface area contributed by atoms with Crippen molar-refractivity contribution >= 4 is 11.6 Å². The number of halogens is 2. The van der Waals surface area contributed by atoms with Crippen LogP contribution in [0.5, 0.6) is 0 Å². The van der Waals surface area contributed by atoms with Crippen molar-refractivity contribution in [3.63, 3.8) is 0 Å². The van der Waals surface area contributed by atoms with Crippen LogP contribution in [0.25, 0.3) is 0 Å². The van der Waals surface area contributed by atoms with Crippen LogP contribution in [-0.4, -0.2) is 31.6 Å². The van der Waals surface area contributed by atoms with Gasteiger partial charge in [0.2, 0.25) is 0 Å². The minimum absolute atomic E-state index is 0.187. The number of piperidine rings is 1. The van der Waals surface area contributed by atoms with Gasteiger partial charge in [-0.15, -0.1) is 0 Å². The molecule has 4 heteroatoms. The first-order chi connectivity index (χ1) is 8.65. The maximum Gasteiger partial charge on any atom is 0.127 e. The van der Waals surface area contributed by atoms with Crippen LogP contribution in [0.2, 0.25) is 5.02 Å². The van der Waals surface area contributed by atoms with E-state index in [4.69, 9.17) is 11.6 Å². The Kier molecular flexibility index (Phi) is 4.98. The third-order valence-corrected chi connectivity index (χ3v) is 3.71. The summed E-state index contributed by atoms with van der Waals surface area (Å²) in [6.45, 7) is 3.81. The fourth-order valence-electron chi connectivity index (χ4n) is 2.53. The Hall–Kier alpha value is -0.640. The summed E-state index contributed by atoms with van der Waals surface area (Å²) in [5, 5.41) is 3.92. The van der Waals surface area contributed by atoms with Gasteiger partial charge in [-0.05, 0) is 57.1 Å². The molecule has 0 aliphatic carbocycles. The Labute approximate surface area is 113 Å². The second-order valence-electron chi connectivity index (χ2n) is 5.14. The zero-order valence-electron chi connectivity index (χ0n) is 10.8. The largest absolute Gasteiger partial charge is 0.312 e. The molecule has 1 saturated heterocycles. The minimum Gasteiger partial charge on any atom is -0.312 e. The lowest BCUT2D eigenvalue weighted by Gasteiger charge is -2.29. The highest BCUT2D eigenvalue weighted by molar-refractivity contribution is 6.30. The van der Waals surface area contributed by atoms with Crippen molar-refractivity contribution in [2.24, 2.45) is 5.92 Å². The van der Waals surface area contributed by atoms with Gasteiger partial charge in [-0.25, -0.2) is 4.39 Å². The molecule has 1 fully saturated rings. The van der Waals surface area contributed by atoms with Gasteiger partial charge in [0.25, 0.3) is 0 Å². The summed E-state index contributed by atoms with van der Waals surface area (Å²) < 4.78 is 13.5. The second-order valence-corrected chi connectivity index (χ2v) is 5.57. The SMILES string of the molecule is CN1CCCC(CNCc2cc(Cl)ccc2F)C1. The molecule has 1 heterocycles.